The highest BCUT2D eigenvalue weighted by Gasteiger charge is 2.32. The molecule has 0 spiro atoms. The van der Waals surface area contributed by atoms with Crippen LogP contribution in [0, 0.1) is 5.92 Å². The van der Waals surface area contributed by atoms with Gasteiger partial charge in [0.25, 0.3) is 5.91 Å². The number of carbonyl (C=O) groups is 5. The first kappa shape index (κ1) is 46.1. The third-order valence-corrected chi connectivity index (χ3v) is 8.55. The van der Waals surface area contributed by atoms with Gasteiger partial charge in [0.05, 0.1) is 12.4 Å². The average molecular weight is 770 g/mol. The minimum atomic E-state index is -1.17. The Morgan fingerprint density at radius 3 is 2.04 bits per heavy atom. The van der Waals surface area contributed by atoms with E-state index in [4.69, 9.17) is 17.2 Å². The molecule has 0 aliphatic heterocycles. The molecule has 55 heavy (non-hydrogen) atoms. The number of benzene rings is 1. The van der Waals surface area contributed by atoms with Gasteiger partial charge in [-0.15, -0.1) is 0 Å². The van der Waals surface area contributed by atoms with Crippen LogP contribution >= 0.6 is 0 Å². The van der Waals surface area contributed by atoms with Gasteiger partial charge in [0, 0.05) is 37.9 Å². The molecule has 1 heterocycles. The number of hydrazine groups is 1. The Hall–Kier alpha value is -5.07. The number of nitrogens with zero attached hydrogens (tertiary/aromatic N) is 2. The molecule has 0 radical (unpaired) electrons. The number of unbranched alkanes of at least 4 members (excludes halogenated alkanes) is 1. The van der Waals surface area contributed by atoms with Crippen molar-refractivity contribution in [2.75, 3.05) is 19.6 Å². The molecule has 18 heteroatoms. The summed E-state index contributed by atoms with van der Waals surface area (Å²) in [6.07, 6.45) is 5.98. The standard InChI is InChI=1S/C37H63N13O5/c1-5-17-45-50-36(55)29(15-11-18-42-37(39)40)47-35(54)31(20-27-22-41-23-44-27)49-33(52)28(14-9-10-16-38)46-34(53)30(19-24(2)3)48-32(51)25(4)43-21-26-12-7-6-8-13-26/h6-8,12-13,22-25,28-31,43,45H,5,9-11,14-21,38H2,1-4H3,(H,41,44)(H,46,53)(H,47,54)(H,48,51)(H,49,52)(H,50,55)(H4,39,40,42)/t25-,28-,29-,30-,31-/m0/s1. The fourth-order valence-corrected chi connectivity index (χ4v) is 5.50. The number of imidazole rings is 1. The highest BCUT2D eigenvalue weighted by atomic mass is 16.2. The maximum atomic E-state index is 14.0. The molecule has 2 rings (SSSR count). The maximum Gasteiger partial charge on any atom is 0.256 e. The lowest BCUT2D eigenvalue weighted by atomic mass is 10.0. The fourth-order valence-electron chi connectivity index (χ4n) is 5.50. The fraction of sp³-hybridized carbons (Fsp3) is 0.595. The quantitative estimate of drug-likeness (QED) is 0.0235. The number of hydrogen-bond donors (Lipinski definition) is 11. The van der Waals surface area contributed by atoms with Crippen LogP contribution in [0.25, 0.3) is 0 Å². The van der Waals surface area contributed by atoms with E-state index in [1.165, 1.54) is 12.5 Å². The van der Waals surface area contributed by atoms with Crippen molar-refractivity contribution >= 4 is 35.5 Å². The molecule has 5 amide bonds. The van der Waals surface area contributed by atoms with Crippen molar-refractivity contribution in [1.29, 1.82) is 0 Å². The van der Waals surface area contributed by atoms with Gasteiger partial charge in [0.1, 0.15) is 24.2 Å². The van der Waals surface area contributed by atoms with Crippen molar-refractivity contribution in [3.63, 3.8) is 0 Å². The number of rotatable bonds is 27. The molecule has 1 aromatic heterocycles. The van der Waals surface area contributed by atoms with E-state index >= 15 is 0 Å². The predicted octanol–water partition coefficient (Wildman–Crippen LogP) is -0.671. The van der Waals surface area contributed by atoms with Crippen LogP contribution in [0.1, 0.15) is 83.9 Å². The van der Waals surface area contributed by atoms with Gasteiger partial charge in [-0.1, -0.05) is 51.1 Å². The van der Waals surface area contributed by atoms with E-state index in [-0.39, 0.29) is 43.6 Å². The van der Waals surface area contributed by atoms with Crippen LogP contribution in [-0.2, 0) is 36.9 Å². The first-order valence-corrected chi connectivity index (χ1v) is 19.1. The smallest absolute Gasteiger partial charge is 0.256 e. The van der Waals surface area contributed by atoms with Crippen LogP contribution < -0.4 is 54.6 Å². The lowest BCUT2D eigenvalue weighted by molar-refractivity contribution is -0.135. The van der Waals surface area contributed by atoms with Gasteiger partial charge in [-0.05, 0) is 69.9 Å². The van der Waals surface area contributed by atoms with E-state index < -0.39 is 53.8 Å². The molecule has 0 aliphatic carbocycles. The number of nitrogens with two attached hydrogens (primary N) is 3. The lowest BCUT2D eigenvalue weighted by Gasteiger charge is -2.27. The van der Waals surface area contributed by atoms with Crippen LogP contribution in [0.5, 0.6) is 0 Å². The van der Waals surface area contributed by atoms with Crippen LogP contribution in [-0.4, -0.2) is 95.3 Å². The number of aliphatic imine (C=N–C) groups is 1. The third-order valence-electron chi connectivity index (χ3n) is 8.55. The van der Waals surface area contributed by atoms with E-state index in [0.29, 0.717) is 51.0 Å². The summed E-state index contributed by atoms with van der Waals surface area (Å²) >= 11 is 0. The number of aromatic amines is 1. The Balaban J connectivity index is 2.26. The molecule has 0 fully saturated rings. The van der Waals surface area contributed by atoms with E-state index in [2.05, 4.69) is 52.4 Å². The van der Waals surface area contributed by atoms with Crippen molar-refractivity contribution in [2.24, 2.45) is 28.1 Å². The maximum absolute atomic E-state index is 14.0. The second kappa shape index (κ2) is 25.9. The van der Waals surface area contributed by atoms with E-state index in [9.17, 15) is 24.0 Å². The summed E-state index contributed by atoms with van der Waals surface area (Å²) in [5.74, 6) is -2.67. The van der Waals surface area contributed by atoms with Gasteiger partial charge in [0.15, 0.2) is 5.96 Å². The molecule has 5 atom stereocenters. The van der Waals surface area contributed by atoms with Gasteiger partial charge in [-0.2, -0.15) is 0 Å². The molecule has 0 saturated carbocycles. The Morgan fingerprint density at radius 2 is 1.42 bits per heavy atom. The summed E-state index contributed by atoms with van der Waals surface area (Å²) in [7, 11) is 0. The summed E-state index contributed by atoms with van der Waals surface area (Å²) in [4.78, 5) is 78.9. The number of guanidine groups is 1. The molecule has 0 saturated heterocycles. The van der Waals surface area contributed by atoms with Crippen molar-refractivity contribution in [3.05, 3.63) is 54.1 Å². The van der Waals surface area contributed by atoms with Crippen LogP contribution in [0.3, 0.4) is 0 Å². The first-order valence-electron chi connectivity index (χ1n) is 19.1. The minimum Gasteiger partial charge on any atom is -0.370 e. The molecule has 0 aliphatic rings. The molecule has 306 valence electrons. The number of H-pyrrole nitrogens is 1. The molecule has 0 unspecified atom stereocenters. The monoisotopic (exact) mass is 770 g/mol. The Morgan fingerprint density at radius 1 is 0.800 bits per heavy atom. The molecule has 0 bridgehead atoms. The number of nitrogens with one attached hydrogen (secondary N) is 8. The van der Waals surface area contributed by atoms with Crippen molar-refractivity contribution in [2.45, 2.75) is 116 Å². The zero-order chi connectivity index (χ0) is 40.6. The van der Waals surface area contributed by atoms with Crippen molar-refractivity contribution in [1.82, 2.24) is 47.4 Å². The largest absolute Gasteiger partial charge is 0.370 e. The minimum absolute atomic E-state index is 0.0113. The van der Waals surface area contributed by atoms with Crippen LogP contribution in [0.2, 0.25) is 0 Å². The van der Waals surface area contributed by atoms with E-state index in [1.54, 1.807) is 6.92 Å². The first-order chi connectivity index (χ1) is 26.3. The second-order valence-electron chi connectivity index (χ2n) is 13.9. The highest BCUT2D eigenvalue weighted by molar-refractivity contribution is 5.96. The Bertz CT molecular complexity index is 1470. The number of amides is 5. The Labute approximate surface area is 324 Å². The van der Waals surface area contributed by atoms with Gasteiger partial charge < -0.3 is 48.8 Å². The molecule has 18 nitrogen and oxygen atoms in total. The summed E-state index contributed by atoms with van der Waals surface area (Å²) in [6.45, 7) is 9.13. The van der Waals surface area contributed by atoms with Crippen molar-refractivity contribution in [3.8, 4) is 0 Å². The van der Waals surface area contributed by atoms with Crippen LogP contribution in [0.15, 0.2) is 47.8 Å². The van der Waals surface area contributed by atoms with Gasteiger partial charge in [-0.3, -0.25) is 34.4 Å². The molecule has 14 N–H and O–H groups in total. The number of aromatic nitrogens is 2. The summed E-state index contributed by atoms with van der Waals surface area (Å²) in [6, 6.07) is 4.89. The number of carbonyl (C=O) groups excluding carboxylic acids is 5. The summed E-state index contributed by atoms with van der Waals surface area (Å²) in [5.41, 5.74) is 23.6. The SMILES string of the molecule is CCCNNC(=O)[C@H](CCCN=C(N)N)NC(=O)[C@H](Cc1cnc[nH]1)NC(=O)[C@H](CCCCN)NC(=O)[C@H](CC(C)C)NC(=O)[C@H](C)NCc1ccccc1. The average Bonchev–Trinajstić information content (AvgIpc) is 3.67. The zero-order valence-corrected chi connectivity index (χ0v) is 32.7. The predicted molar refractivity (Wildman–Crippen MR) is 211 cm³/mol. The van der Waals surface area contributed by atoms with E-state index in [1.807, 2.05) is 51.1 Å². The third kappa shape index (κ3) is 18.7. The van der Waals surface area contributed by atoms with Gasteiger partial charge in [0.2, 0.25) is 23.6 Å². The van der Waals surface area contributed by atoms with Gasteiger partial charge >= 0.3 is 0 Å². The normalized spacial score (nSPS) is 13.8. The van der Waals surface area contributed by atoms with Crippen LogP contribution in [0.4, 0.5) is 0 Å². The highest BCUT2D eigenvalue weighted by Crippen LogP contribution is 2.10. The zero-order valence-electron chi connectivity index (χ0n) is 32.7. The Kier molecular flexibility index (Phi) is 21.7. The number of hydrogen-bond acceptors (Lipinski definition) is 10. The molecule has 2 aromatic rings. The molecular weight excluding hydrogens is 706 g/mol. The van der Waals surface area contributed by atoms with E-state index in [0.717, 1.165) is 12.0 Å². The van der Waals surface area contributed by atoms with Crippen molar-refractivity contribution < 1.29 is 24.0 Å². The summed E-state index contributed by atoms with van der Waals surface area (Å²) in [5, 5.41) is 14.4. The summed E-state index contributed by atoms with van der Waals surface area (Å²) < 4.78 is 0. The van der Waals surface area contributed by atoms with Gasteiger partial charge in [-0.25, -0.2) is 10.4 Å². The topological polar surface area (TPSA) is 289 Å². The lowest BCUT2D eigenvalue weighted by Crippen LogP contribution is -2.59. The second-order valence-corrected chi connectivity index (χ2v) is 13.9. The molecular formula is C37H63N13O5. The molecule has 1 aromatic carbocycles.